The van der Waals surface area contributed by atoms with Gasteiger partial charge in [0.25, 0.3) is 0 Å². The number of nitrogens with zero attached hydrogens (tertiary/aromatic N) is 1. The van der Waals surface area contributed by atoms with Crippen molar-refractivity contribution in [3.8, 4) is 0 Å². The second-order valence-corrected chi connectivity index (χ2v) is 8.66. The zero-order chi connectivity index (χ0) is 20.6. The standard InChI is InChI=1S/C20H35N3O5/c1-20(2,3)28-19(26)21-9-4-17(24)22-16-5-10-23(11-6-16)18(25)14-15-7-12-27-13-8-15/h15-16H,4-14H2,1-3H3,(H,21,26)(H,22,24). The predicted molar refractivity (Wildman–Crippen MR) is 105 cm³/mol. The molecule has 0 atom stereocenters. The number of carbonyl (C=O) groups is 3. The smallest absolute Gasteiger partial charge is 0.407 e. The zero-order valence-electron chi connectivity index (χ0n) is 17.4. The summed E-state index contributed by atoms with van der Waals surface area (Å²) in [6.45, 7) is 8.50. The van der Waals surface area contributed by atoms with Crippen LogP contribution in [0.3, 0.4) is 0 Å². The molecule has 3 amide bonds. The second-order valence-electron chi connectivity index (χ2n) is 8.66. The molecule has 2 saturated heterocycles. The van der Waals surface area contributed by atoms with E-state index in [4.69, 9.17) is 9.47 Å². The number of piperidine rings is 1. The molecule has 0 saturated carbocycles. The Kier molecular flexibility index (Phi) is 8.54. The molecule has 0 bridgehead atoms. The number of hydrogen-bond donors (Lipinski definition) is 2. The molecular formula is C20H35N3O5. The van der Waals surface area contributed by atoms with Crippen LogP contribution >= 0.6 is 0 Å². The predicted octanol–water partition coefficient (Wildman–Crippen LogP) is 1.83. The van der Waals surface area contributed by atoms with Crippen LogP contribution in [-0.2, 0) is 19.1 Å². The lowest BCUT2D eigenvalue weighted by Gasteiger charge is -2.33. The van der Waals surface area contributed by atoms with Gasteiger partial charge in [0.2, 0.25) is 11.8 Å². The van der Waals surface area contributed by atoms with Crippen LogP contribution < -0.4 is 10.6 Å². The van der Waals surface area contributed by atoms with Gasteiger partial charge in [0.15, 0.2) is 0 Å². The van der Waals surface area contributed by atoms with Crippen LogP contribution in [0.15, 0.2) is 0 Å². The van der Waals surface area contributed by atoms with Gasteiger partial charge in [0.1, 0.15) is 5.60 Å². The summed E-state index contributed by atoms with van der Waals surface area (Å²) < 4.78 is 10.5. The molecule has 160 valence electrons. The summed E-state index contributed by atoms with van der Waals surface area (Å²) in [6, 6.07) is 0.0844. The van der Waals surface area contributed by atoms with E-state index >= 15 is 0 Å². The number of carbonyl (C=O) groups excluding carboxylic acids is 3. The van der Waals surface area contributed by atoms with Gasteiger partial charge in [-0.25, -0.2) is 4.79 Å². The Labute approximate surface area is 167 Å². The minimum Gasteiger partial charge on any atom is -0.444 e. The molecule has 8 nitrogen and oxygen atoms in total. The quantitative estimate of drug-likeness (QED) is 0.713. The Morgan fingerprint density at radius 3 is 2.32 bits per heavy atom. The molecule has 0 aromatic carbocycles. The first-order chi connectivity index (χ1) is 13.2. The molecule has 0 radical (unpaired) electrons. The van der Waals surface area contributed by atoms with Gasteiger partial charge in [-0.3, -0.25) is 9.59 Å². The molecule has 0 aromatic rings. The summed E-state index contributed by atoms with van der Waals surface area (Å²) in [5.74, 6) is 0.567. The summed E-state index contributed by atoms with van der Waals surface area (Å²) in [7, 11) is 0. The fraction of sp³-hybridized carbons (Fsp3) is 0.850. The largest absolute Gasteiger partial charge is 0.444 e. The Balaban J connectivity index is 1.59. The first-order valence-electron chi connectivity index (χ1n) is 10.3. The lowest BCUT2D eigenvalue weighted by atomic mass is 9.95. The highest BCUT2D eigenvalue weighted by Gasteiger charge is 2.26. The van der Waals surface area contributed by atoms with Crippen molar-refractivity contribution in [1.82, 2.24) is 15.5 Å². The van der Waals surface area contributed by atoms with Crippen LogP contribution in [0.1, 0.15) is 59.3 Å². The van der Waals surface area contributed by atoms with Gasteiger partial charge in [0, 0.05) is 51.7 Å². The Morgan fingerprint density at radius 1 is 1.07 bits per heavy atom. The number of hydrogen-bond acceptors (Lipinski definition) is 5. The highest BCUT2D eigenvalue weighted by atomic mass is 16.6. The van der Waals surface area contributed by atoms with Crippen LogP contribution in [0.25, 0.3) is 0 Å². The molecule has 0 unspecified atom stereocenters. The molecule has 2 aliphatic rings. The third-order valence-corrected chi connectivity index (χ3v) is 5.04. The highest BCUT2D eigenvalue weighted by Crippen LogP contribution is 2.21. The van der Waals surface area contributed by atoms with Crippen LogP contribution in [-0.4, -0.2) is 67.3 Å². The van der Waals surface area contributed by atoms with Crippen molar-refractivity contribution >= 4 is 17.9 Å². The van der Waals surface area contributed by atoms with Crippen LogP contribution in [0.2, 0.25) is 0 Å². The van der Waals surface area contributed by atoms with Gasteiger partial charge in [-0.05, 0) is 52.4 Å². The normalized spacial score (nSPS) is 19.2. The molecule has 28 heavy (non-hydrogen) atoms. The monoisotopic (exact) mass is 397 g/mol. The molecule has 0 aliphatic carbocycles. The van der Waals surface area contributed by atoms with Gasteiger partial charge in [-0.15, -0.1) is 0 Å². The summed E-state index contributed by atoms with van der Waals surface area (Å²) in [5.41, 5.74) is -0.553. The lowest BCUT2D eigenvalue weighted by molar-refractivity contribution is -0.134. The number of rotatable bonds is 6. The van der Waals surface area contributed by atoms with E-state index in [2.05, 4.69) is 10.6 Å². The average molecular weight is 398 g/mol. The van der Waals surface area contributed by atoms with Gasteiger partial charge in [-0.1, -0.05) is 0 Å². The van der Waals surface area contributed by atoms with E-state index in [1.54, 1.807) is 20.8 Å². The summed E-state index contributed by atoms with van der Waals surface area (Å²) in [5, 5.41) is 5.58. The second kappa shape index (κ2) is 10.6. The third-order valence-electron chi connectivity index (χ3n) is 5.04. The number of likely N-dealkylation sites (tertiary alicyclic amines) is 1. The first-order valence-corrected chi connectivity index (χ1v) is 10.3. The van der Waals surface area contributed by atoms with Crippen molar-refractivity contribution in [3.63, 3.8) is 0 Å². The van der Waals surface area contributed by atoms with E-state index < -0.39 is 11.7 Å². The SMILES string of the molecule is CC(C)(C)OC(=O)NCCC(=O)NC1CCN(C(=O)CC2CCOCC2)CC1. The average Bonchev–Trinajstić information content (AvgIpc) is 2.61. The first kappa shape index (κ1) is 22.5. The molecule has 2 N–H and O–H groups in total. The van der Waals surface area contributed by atoms with E-state index in [9.17, 15) is 14.4 Å². The number of ether oxygens (including phenoxy) is 2. The van der Waals surface area contributed by atoms with E-state index in [1.165, 1.54) is 0 Å². The van der Waals surface area contributed by atoms with Gasteiger partial charge in [-0.2, -0.15) is 0 Å². The van der Waals surface area contributed by atoms with Crippen LogP contribution in [0.4, 0.5) is 4.79 Å². The topological polar surface area (TPSA) is 97.0 Å². The maximum absolute atomic E-state index is 12.4. The maximum atomic E-state index is 12.4. The minimum absolute atomic E-state index is 0.0844. The van der Waals surface area contributed by atoms with E-state index in [1.807, 2.05) is 4.90 Å². The Morgan fingerprint density at radius 2 is 1.71 bits per heavy atom. The fourth-order valence-electron chi connectivity index (χ4n) is 3.49. The van der Waals surface area contributed by atoms with Gasteiger partial charge >= 0.3 is 6.09 Å². The Bertz CT molecular complexity index is 532. The summed E-state index contributed by atoms with van der Waals surface area (Å²) in [4.78, 5) is 38.0. The lowest BCUT2D eigenvalue weighted by Crippen LogP contribution is -2.47. The number of nitrogens with one attached hydrogen (secondary N) is 2. The molecular weight excluding hydrogens is 362 g/mol. The van der Waals surface area contributed by atoms with Crippen LogP contribution in [0, 0.1) is 5.92 Å². The molecule has 2 aliphatic heterocycles. The highest BCUT2D eigenvalue weighted by molar-refractivity contribution is 5.78. The zero-order valence-corrected chi connectivity index (χ0v) is 17.4. The van der Waals surface area contributed by atoms with Gasteiger partial charge in [0.05, 0.1) is 0 Å². The van der Waals surface area contributed by atoms with E-state index in [0.717, 1.165) is 38.9 Å². The molecule has 2 heterocycles. The molecule has 2 fully saturated rings. The number of alkyl carbamates (subject to hydrolysis) is 1. The van der Waals surface area contributed by atoms with Crippen molar-refractivity contribution in [2.24, 2.45) is 5.92 Å². The van der Waals surface area contributed by atoms with Gasteiger partial charge < -0.3 is 25.0 Å². The minimum atomic E-state index is -0.553. The Hall–Kier alpha value is -1.83. The molecule has 8 heteroatoms. The fourth-order valence-corrected chi connectivity index (χ4v) is 3.49. The summed E-state index contributed by atoms with van der Waals surface area (Å²) in [6.07, 6.45) is 3.77. The third kappa shape index (κ3) is 8.46. The van der Waals surface area contributed by atoms with Crippen molar-refractivity contribution in [3.05, 3.63) is 0 Å². The molecule has 0 aromatic heterocycles. The van der Waals surface area contributed by atoms with Crippen molar-refractivity contribution in [1.29, 1.82) is 0 Å². The van der Waals surface area contributed by atoms with E-state index in [0.29, 0.717) is 25.4 Å². The van der Waals surface area contributed by atoms with E-state index in [-0.39, 0.29) is 30.8 Å². The van der Waals surface area contributed by atoms with Crippen molar-refractivity contribution in [2.75, 3.05) is 32.8 Å². The van der Waals surface area contributed by atoms with Crippen LogP contribution in [0.5, 0.6) is 0 Å². The molecule has 0 spiro atoms. The van der Waals surface area contributed by atoms with Crippen molar-refractivity contribution < 1.29 is 23.9 Å². The maximum Gasteiger partial charge on any atom is 0.407 e. The molecule has 2 rings (SSSR count). The number of amides is 3. The summed E-state index contributed by atoms with van der Waals surface area (Å²) >= 11 is 0. The van der Waals surface area contributed by atoms with Crippen molar-refractivity contribution in [2.45, 2.75) is 70.9 Å².